The Balaban J connectivity index is 1.89. The maximum atomic E-state index is 11.8. The van der Waals surface area contributed by atoms with E-state index in [0.29, 0.717) is 12.3 Å². The summed E-state index contributed by atoms with van der Waals surface area (Å²) in [5, 5.41) is 0. The molecule has 1 fully saturated rings. The first-order valence-corrected chi connectivity index (χ1v) is 10.3. The van der Waals surface area contributed by atoms with E-state index in [2.05, 4.69) is 29.5 Å². The predicted molar refractivity (Wildman–Crippen MR) is 97.7 cm³/mol. The zero-order valence-corrected chi connectivity index (χ0v) is 15.9. The third-order valence-corrected chi connectivity index (χ3v) is 5.77. The summed E-state index contributed by atoms with van der Waals surface area (Å²) >= 11 is 2.31. The van der Waals surface area contributed by atoms with Gasteiger partial charge in [-0.05, 0) is 41.9 Å². The third-order valence-electron chi connectivity index (χ3n) is 4.50. The summed E-state index contributed by atoms with van der Waals surface area (Å²) in [5.74, 6) is 0.627. The van der Waals surface area contributed by atoms with Crippen LogP contribution >= 0.6 is 22.6 Å². The van der Waals surface area contributed by atoms with Crippen LogP contribution in [-0.4, -0.2) is 10.1 Å². The Morgan fingerprint density at radius 3 is 2.10 bits per heavy atom. The van der Waals surface area contributed by atoms with Gasteiger partial charge in [-0.2, -0.15) is 0 Å². The van der Waals surface area contributed by atoms with Crippen molar-refractivity contribution >= 4 is 28.6 Å². The van der Waals surface area contributed by atoms with E-state index in [4.69, 9.17) is 4.74 Å². The maximum absolute atomic E-state index is 11.8. The summed E-state index contributed by atoms with van der Waals surface area (Å²) in [4.78, 5) is 11.8. The third kappa shape index (κ3) is 9.75. The highest BCUT2D eigenvalue weighted by molar-refractivity contribution is 14.1. The Hall–Kier alpha value is 0.200. The summed E-state index contributed by atoms with van der Waals surface area (Å²) in [7, 11) is 0. The molecule has 0 aliphatic heterocycles. The van der Waals surface area contributed by atoms with Gasteiger partial charge in [0.2, 0.25) is 0 Å². The molecule has 21 heavy (non-hydrogen) atoms. The van der Waals surface area contributed by atoms with E-state index in [1.807, 2.05) is 0 Å². The molecule has 2 nitrogen and oxygen atoms in total. The highest BCUT2D eigenvalue weighted by Crippen LogP contribution is 2.32. The van der Waals surface area contributed by atoms with Crippen molar-refractivity contribution in [2.45, 2.75) is 101 Å². The molecule has 3 heteroatoms. The second-order valence-electron chi connectivity index (χ2n) is 6.46. The van der Waals surface area contributed by atoms with Crippen molar-refractivity contribution in [3.8, 4) is 0 Å². The van der Waals surface area contributed by atoms with E-state index in [9.17, 15) is 4.79 Å². The fraction of sp³-hybridized carbons (Fsp3) is 0.944. The lowest BCUT2D eigenvalue weighted by Gasteiger charge is -2.17. The largest absolute Gasteiger partial charge is 0.451 e. The van der Waals surface area contributed by atoms with Crippen LogP contribution in [0.4, 0.5) is 0 Å². The molecule has 0 aromatic carbocycles. The number of carbonyl (C=O) groups is 1. The van der Waals surface area contributed by atoms with Gasteiger partial charge < -0.3 is 4.74 Å². The normalized spacial score (nSPS) is 17.0. The SMILES string of the molecule is CCCCCCCCCCCC(=O)OC(I)C1CCCC1. The number of hydrogen-bond donors (Lipinski definition) is 0. The first-order chi connectivity index (χ1) is 10.2. The number of ether oxygens (including phenoxy) is 1. The van der Waals surface area contributed by atoms with Crippen molar-refractivity contribution in [3.63, 3.8) is 0 Å². The molecule has 0 saturated heterocycles. The Labute approximate surface area is 144 Å². The Kier molecular flexibility index (Phi) is 11.7. The topological polar surface area (TPSA) is 26.3 Å². The van der Waals surface area contributed by atoms with E-state index in [1.165, 1.54) is 77.0 Å². The molecule has 1 aliphatic carbocycles. The first kappa shape index (κ1) is 19.2. The van der Waals surface area contributed by atoms with E-state index in [0.717, 1.165) is 6.42 Å². The summed E-state index contributed by atoms with van der Waals surface area (Å²) in [5.41, 5.74) is 0. The molecule has 0 aromatic heterocycles. The summed E-state index contributed by atoms with van der Waals surface area (Å²) in [6.45, 7) is 2.26. The van der Waals surface area contributed by atoms with Gasteiger partial charge in [-0.25, -0.2) is 0 Å². The molecule has 1 aliphatic rings. The lowest BCUT2D eigenvalue weighted by Crippen LogP contribution is -2.19. The van der Waals surface area contributed by atoms with Crippen molar-refractivity contribution in [1.82, 2.24) is 0 Å². The average Bonchev–Trinajstić information content (AvgIpc) is 3.00. The molecule has 1 unspecified atom stereocenters. The van der Waals surface area contributed by atoms with Crippen molar-refractivity contribution in [2.24, 2.45) is 5.92 Å². The summed E-state index contributed by atoms with van der Waals surface area (Å²) < 4.78 is 5.66. The van der Waals surface area contributed by atoms with Crippen molar-refractivity contribution in [1.29, 1.82) is 0 Å². The maximum Gasteiger partial charge on any atom is 0.306 e. The molecular formula is C18H33IO2. The minimum atomic E-state index is 0.0178. The van der Waals surface area contributed by atoms with E-state index in [-0.39, 0.29) is 10.1 Å². The molecule has 1 rings (SSSR count). The number of hydrogen-bond acceptors (Lipinski definition) is 2. The molecule has 1 atom stereocenters. The Morgan fingerprint density at radius 2 is 1.52 bits per heavy atom. The summed E-state index contributed by atoms with van der Waals surface area (Å²) in [6.07, 6.45) is 17.3. The molecule has 1 saturated carbocycles. The van der Waals surface area contributed by atoms with E-state index in [1.54, 1.807) is 0 Å². The molecule has 0 spiro atoms. The van der Waals surface area contributed by atoms with Gasteiger partial charge in [0, 0.05) is 12.3 Å². The molecule has 0 heterocycles. The smallest absolute Gasteiger partial charge is 0.306 e. The van der Waals surface area contributed by atoms with Gasteiger partial charge in [0.15, 0.2) is 4.11 Å². The molecule has 0 radical (unpaired) electrons. The number of rotatable bonds is 12. The van der Waals surface area contributed by atoms with Gasteiger partial charge in [0.25, 0.3) is 0 Å². The lowest BCUT2D eigenvalue weighted by molar-refractivity contribution is -0.146. The van der Waals surface area contributed by atoms with Crippen molar-refractivity contribution in [2.75, 3.05) is 0 Å². The van der Waals surface area contributed by atoms with E-state index < -0.39 is 0 Å². The molecule has 0 aromatic rings. The van der Waals surface area contributed by atoms with Crippen LogP contribution in [0.25, 0.3) is 0 Å². The Bertz CT molecular complexity index is 262. The van der Waals surface area contributed by atoms with Gasteiger partial charge in [-0.3, -0.25) is 4.79 Å². The minimum absolute atomic E-state index is 0.0178. The van der Waals surface area contributed by atoms with Crippen molar-refractivity contribution < 1.29 is 9.53 Å². The standard InChI is InChI=1S/C18H33IO2/c1-2-3-4-5-6-7-8-9-10-15-17(20)21-18(19)16-13-11-12-14-16/h16,18H,2-15H2,1H3. The molecule has 0 N–H and O–H groups in total. The van der Waals surface area contributed by atoms with Crippen LogP contribution in [0.15, 0.2) is 0 Å². The molecule has 124 valence electrons. The second kappa shape index (κ2) is 12.7. The fourth-order valence-electron chi connectivity index (χ4n) is 3.08. The van der Waals surface area contributed by atoms with Crippen molar-refractivity contribution in [3.05, 3.63) is 0 Å². The number of alkyl halides is 1. The summed E-state index contributed by atoms with van der Waals surface area (Å²) in [6, 6.07) is 0. The highest BCUT2D eigenvalue weighted by atomic mass is 127. The van der Waals surface area contributed by atoms with Crippen LogP contribution in [0.2, 0.25) is 0 Å². The Morgan fingerprint density at radius 1 is 1.00 bits per heavy atom. The number of esters is 1. The lowest BCUT2D eigenvalue weighted by atomic mass is 10.1. The van der Waals surface area contributed by atoms with Crippen LogP contribution in [-0.2, 0) is 9.53 Å². The monoisotopic (exact) mass is 408 g/mol. The van der Waals surface area contributed by atoms with Gasteiger partial charge in [0.1, 0.15) is 0 Å². The number of carbonyl (C=O) groups excluding carboxylic acids is 1. The predicted octanol–water partition coefficient (Wildman–Crippen LogP) is 6.40. The molecular weight excluding hydrogens is 375 g/mol. The second-order valence-corrected chi connectivity index (χ2v) is 7.69. The fourth-order valence-corrected chi connectivity index (χ4v) is 4.08. The molecule has 0 bridgehead atoms. The minimum Gasteiger partial charge on any atom is -0.451 e. The van der Waals surface area contributed by atoms with Crippen LogP contribution in [0.1, 0.15) is 96.8 Å². The van der Waals surface area contributed by atoms with Gasteiger partial charge in [-0.1, -0.05) is 71.1 Å². The zero-order chi connectivity index (χ0) is 15.3. The number of unbranched alkanes of at least 4 members (excludes halogenated alkanes) is 8. The van der Waals surface area contributed by atoms with Crippen LogP contribution in [0, 0.1) is 5.92 Å². The highest BCUT2D eigenvalue weighted by Gasteiger charge is 2.25. The average molecular weight is 408 g/mol. The van der Waals surface area contributed by atoms with Gasteiger partial charge >= 0.3 is 5.97 Å². The van der Waals surface area contributed by atoms with Crippen LogP contribution in [0.3, 0.4) is 0 Å². The quantitative estimate of drug-likeness (QED) is 0.162. The van der Waals surface area contributed by atoms with Crippen LogP contribution in [0.5, 0.6) is 0 Å². The van der Waals surface area contributed by atoms with E-state index >= 15 is 0 Å². The zero-order valence-electron chi connectivity index (χ0n) is 13.7. The molecule has 0 amide bonds. The first-order valence-electron chi connectivity index (χ1n) is 9.07. The van der Waals surface area contributed by atoms with Gasteiger partial charge in [0.05, 0.1) is 0 Å². The van der Waals surface area contributed by atoms with Crippen LogP contribution < -0.4 is 0 Å². The number of halogens is 1. The van der Waals surface area contributed by atoms with Gasteiger partial charge in [-0.15, -0.1) is 0 Å².